The summed E-state index contributed by atoms with van der Waals surface area (Å²) in [5.74, 6) is 0. The summed E-state index contributed by atoms with van der Waals surface area (Å²) in [5.41, 5.74) is 6.47. The van der Waals surface area contributed by atoms with Gasteiger partial charge in [0, 0.05) is 15.9 Å². The topological polar surface area (TPSA) is 38.9 Å². The predicted octanol–water partition coefficient (Wildman–Crippen LogP) is 3.45. The maximum Gasteiger partial charge on any atom is 0.101 e. The van der Waals surface area contributed by atoms with Gasteiger partial charge in [-0.3, -0.25) is 0 Å². The number of hydrogen-bond donors (Lipinski definition) is 1. The van der Waals surface area contributed by atoms with Gasteiger partial charge in [-0.25, -0.2) is 4.98 Å². The van der Waals surface area contributed by atoms with Crippen LogP contribution < -0.4 is 5.73 Å². The maximum atomic E-state index is 5.56. The van der Waals surface area contributed by atoms with E-state index in [2.05, 4.69) is 33.0 Å². The third kappa shape index (κ3) is 3.07. The number of hydrogen-bond acceptors (Lipinski definition) is 3. The number of rotatable bonds is 3. The lowest BCUT2D eigenvalue weighted by atomic mass is 10.4. The van der Waals surface area contributed by atoms with Crippen LogP contribution in [0, 0.1) is 0 Å². The Morgan fingerprint density at radius 2 is 2.00 bits per heavy atom. The van der Waals surface area contributed by atoms with Gasteiger partial charge in [-0.2, -0.15) is 0 Å². The maximum absolute atomic E-state index is 5.56. The first-order chi connectivity index (χ1) is 7.78. The Kier molecular flexibility index (Phi) is 3.98. The van der Waals surface area contributed by atoms with Gasteiger partial charge in [-0.15, -0.1) is 0 Å². The zero-order chi connectivity index (χ0) is 11.4. The van der Waals surface area contributed by atoms with Crippen molar-refractivity contribution in [2.45, 2.75) is 16.5 Å². The monoisotopic (exact) mass is 294 g/mol. The fourth-order valence-corrected chi connectivity index (χ4v) is 2.71. The van der Waals surface area contributed by atoms with Crippen molar-refractivity contribution in [1.82, 2.24) is 4.98 Å². The van der Waals surface area contributed by atoms with Crippen molar-refractivity contribution >= 4 is 27.7 Å². The second-order valence-corrected chi connectivity index (χ2v) is 5.24. The Bertz CT molecular complexity index is 488. The summed E-state index contributed by atoms with van der Waals surface area (Å²) < 4.78 is 1.08. The number of nitrogens with zero attached hydrogens (tertiary/aromatic N) is 1. The number of benzene rings is 1. The Labute approximate surface area is 107 Å². The minimum absolute atomic E-state index is 0.479. The van der Waals surface area contributed by atoms with E-state index in [-0.39, 0.29) is 0 Å². The highest BCUT2D eigenvalue weighted by Crippen LogP contribution is 2.27. The van der Waals surface area contributed by atoms with Crippen molar-refractivity contribution < 1.29 is 0 Å². The van der Waals surface area contributed by atoms with Crippen LogP contribution in [0.15, 0.2) is 56.9 Å². The van der Waals surface area contributed by atoms with Crippen LogP contribution in [0.3, 0.4) is 0 Å². The molecule has 0 saturated carbocycles. The molecule has 0 amide bonds. The summed E-state index contributed by atoms with van der Waals surface area (Å²) in [6.45, 7) is 0.479. The van der Waals surface area contributed by atoms with Crippen molar-refractivity contribution in [2.75, 3.05) is 0 Å². The van der Waals surface area contributed by atoms with Crippen molar-refractivity contribution in [2.24, 2.45) is 5.73 Å². The minimum Gasteiger partial charge on any atom is -0.325 e. The molecule has 1 aromatic heterocycles. The molecule has 4 heteroatoms. The first kappa shape index (κ1) is 11.6. The van der Waals surface area contributed by atoms with Gasteiger partial charge >= 0.3 is 0 Å². The van der Waals surface area contributed by atoms with Crippen LogP contribution in [-0.4, -0.2) is 4.98 Å². The molecule has 0 aliphatic carbocycles. The molecule has 82 valence electrons. The van der Waals surface area contributed by atoms with Crippen LogP contribution in [0.5, 0.6) is 0 Å². The molecular weight excluding hydrogens is 284 g/mol. The lowest BCUT2D eigenvalue weighted by Crippen LogP contribution is -1.99. The molecule has 0 spiro atoms. The normalized spacial score (nSPS) is 10.4. The van der Waals surface area contributed by atoms with E-state index in [1.807, 2.05) is 30.3 Å². The molecule has 0 unspecified atom stereocenters. The van der Waals surface area contributed by atoms with Gasteiger partial charge in [-0.1, -0.05) is 39.8 Å². The second kappa shape index (κ2) is 5.48. The Balaban J connectivity index is 2.20. The van der Waals surface area contributed by atoms with Crippen LogP contribution in [0.4, 0.5) is 0 Å². The van der Waals surface area contributed by atoms with E-state index < -0.39 is 0 Å². The third-order valence-electron chi connectivity index (χ3n) is 2.01. The van der Waals surface area contributed by atoms with Crippen molar-refractivity contribution in [3.8, 4) is 0 Å². The summed E-state index contributed by atoms with van der Waals surface area (Å²) >= 11 is 5.08. The second-order valence-electron chi connectivity index (χ2n) is 3.23. The molecular formula is C12H11BrN2S. The number of pyridine rings is 1. The van der Waals surface area contributed by atoms with Gasteiger partial charge in [0.05, 0.1) is 5.69 Å². The van der Waals surface area contributed by atoms with Crippen LogP contribution in [0.1, 0.15) is 5.69 Å². The summed E-state index contributed by atoms with van der Waals surface area (Å²) in [7, 11) is 0. The molecule has 16 heavy (non-hydrogen) atoms. The van der Waals surface area contributed by atoms with E-state index in [0.717, 1.165) is 20.1 Å². The molecule has 0 fully saturated rings. The molecule has 0 bridgehead atoms. The van der Waals surface area contributed by atoms with Gasteiger partial charge in [-0.05, 0) is 30.3 Å². The summed E-state index contributed by atoms with van der Waals surface area (Å²) in [6.07, 6.45) is 0. The van der Waals surface area contributed by atoms with Gasteiger partial charge in [0.25, 0.3) is 0 Å². The predicted molar refractivity (Wildman–Crippen MR) is 70.4 cm³/mol. The van der Waals surface area contributed by atoms with Gasteiger partial charge < -0.3 is 5.73 Å². The average molecular weight is 295 g/mol. The Morgan fingerprint density at radius 3 is 2.75 bits per heavy atom. The van der Waals surface area contributed by atoms with E-state index in [0.29, 0.717) is 6.54 Å². The fraction of sp³-hybridized carbons (Fsp3) is 0.0833. The van der Waals surface area contributed by atoms with E-state index in [9.17, 15) is 0 Å². The van der Waals surface area contributed by atoms with Gasteiger partial charge in [0.1, 0.15) is 5.03 Å². The van der Waals surface area contributed by atoms with Gasteiger partial charge in [0.2, 0.25) is 0 Å². The van der Waals surface area contributed by atoms with Gasteiger partial charge in [0.15, 0.2) is 0 Å². The van der Waals surface area contributed by atoms with Crippen LogP contribution in [0.2, 0.25) is 0 Å². The highest BCUT2D eigenvalue weighted by atomic mass is 79.9. The molecule has 0 atom stereocenters. The van der Waals surface area contributed by atoms with Crippen molar-refractivity contribution in [1.29, 1.82) is 0 Å². The standard InChI is InChI=1S/C12H11BrN2S/c13-9-3-1-5-11(7-9)16-12-6-2-4-10(8-14)15-12/h1-7H,8,14H2. The van der Waals surface area contributed by atoms with E-state index in [4.69, 9.17) is 5.73 Å². The number of nitrogens with two attached hydrogens (primary N) is 1. The zero-order valence-electron chi connectivity index (χ0n) is 8.56. The average Bonchev–Trinajstić information content (AvgIpc) is 2.29. The summed E-state index contributed by atoms with van der Waals surface area (Å²) in [4.78, 5) is 5.60. The molecule has 2 aromatic rings. The molecule has 0 aliphatic heterocycles. The summed E-state index contributed by atoms with van der Waals surface area (Å²) in [5, 5.41) is 0.973. The minimum atomic E-state index is 0.479. The molecule has 2 nitrogen and oxygen atoms in total. The quantitative estimate of drug-likeness (QED) is 0.942. The lowest BCUT2D eigenvalue weighted by molar-refractivity contribution is 0.942. The van der Waals surface area contributed by atoms with Crippen molar-refractivity contribution in [3.63, 3.8) is 0 Å². The zero-order valence-corrected chi connectivity index (χ0v) is 11.0. The summed E-state index contributed by atoms with van der Waals surface area (Å²) in [6, 6.07) is 14.1. The highest BCUT2D eigenvalue weighted by molar-refractivity contribution is 9.10. The Hall–Kier alpha value is -0.840. The molecule has 0 saturated heterocycles. The SMILES string of the molecule is NCc1cccc(Sc2cccc(Br)c2)n1. The molecule has 1 heterocycles. The first-order valence-electron chi connectivity index (χ1n) is 4.87. The molecule has 0 radical (unpaired) electrons. The third-order valence-corrected chi connectivity index (χ3v) is 3.43. The van der Waals surface area contributed by atoms with E-state index in [1.54, 1.807) is 11.8 Å². The number of halogens is 1. The first-order valence-corrected chi connectivity index (χ1v) is 6.48. The van der Waals surface area contributed by atoms with Crippen LogP contribution in [0.25, 0.3) is 0 Å². The largest absolute Gasteiger partial charge is 0.325 e. The number of aromatic nitrogens is 1. The molecule has 2 rings (SSSR count). The Morgan fingerprint density at radius 1 is 1.19 bits per heavy atom. The van der Waals surface area contributed by atoms with Crippen LogP contribution in [-0.2, 0) is 6.54 Å². The molecule has 2 N–H and O–H groups in total. The fourth-order valence-electron chi connectivity index (χ4n) is 1.28. The van der Waals surface area contributed by atoms with E-state index in [1.165, 1.54) is 0 Å². The van der Waals surface area contributed by atoms with Crippen LogP contribution >= 0.6 is 27.7 Å². The highest BCUT2D eigenvalue weighted by Gasteiger charge is 2.00. The molecule has 0 aliphatic rings. The lowest BCUT2D eigenvalue weighted by Gasteiger charge is -2.03. The van der Waals surface area contributed by atoms with E-state index >= 15 is 0 Å². The van der Waals surface area contributed by atoms with Crippen molar-refractivity contribution in [3.05, 3.63) is 52.6 Å². The molecule has 1 aromatic carbocycles. The smallest absolute Gasteiger partial charge is 0.101 e.